The summed E-state index contributed by atoms with van der Waals surface area (Å²) >= 11 is 0. The third-order valence-corrected chi connectivity index (χ3v) is 3.80. The molecular formula is C18H30O2. The normalized spacial score (nSPS) is 10.8. The van der Waals surface area contributed by atoms with Gasteiger partial charge in [0.2, 0.25) is 0 Å². The van der Waals surface area contributed by atoms with Crippen LogP contribution < -0.4 is 0 Å². The lowest BCUT2D eigenvalue weighted by atomic mass is 10.0. The SMILES string of the molecule is CCCCCCCCCCCCCC(=O)c1ccco1. The summed E-state index contributed by atoms with van der Waals surface area (Å²) in [5.41, 5.74) is 0. The van der Waals surface area contributed by atoms with Crippen LogP contribution in [-0.4, -0.2) is 5.78 Å². The quantitative estimate of drug-likeness (QED) is 0.319. The Morgan fingerprint density at radius 3 is 1.95 bits per heavy atom. The molecule has 0 atom stereocenters. The number of Topliss-reactive ketones (excluding diaryl/α,β-unsaturated/α-hetero) is 1. The molecule has 0 aliphatic carbocycles. The second kappa shape index (κ2) is 11.7. The molecule has 1 heterocycles. The first-order valence-corrected chi connectivity index (χ1v) is 8.41. The van der Waals surface area contributed by atoms with E-state index >= 15 is 0 Å². The Morgan fingerprint density at radius 1 is 0.900 bits per heavy atom. The number of rotatable bonds is 13. The van der Waals surface area contributed by atoms with Crippen LogP contribution in [0.2, 0.25) is 0 Å². The Kier molecular flexibility index (Phi) is 9.99. The molecular weight excluding hydrogens is 248 g/mol. The van der Waals surface area contributed by atoms with Crippen molar-refractivity contribution in [1.29, 1.82) is 0 Å². The van der Waals surface area contributed by atoms with E-state index in [0.717, 1.165) is 6.42 Å². The average molecular weight is 278 g/mol. The summed E-state index contributed by atoms with van der Waals surface area (Å²) in [6, 6.07) is 3.52. The van der Waals surface area contributed by atoms with Gasteiger partial charge in [-0.3, -0.25) is 4.79 Å². The highest BCUT2D eigenvalue weighted by Gasteiger charge is 2.07. The van der Waals surface area contributed by atoms with Crippen LogP contribution >= 0.6 is 0 Å². The molecule has 2 nitrogen and oxygen atoms in total. The summed E-state index contributed by atoms with van der Waals surface area (Å²) < 4.78 is 5.10. The van der Waals surface area contributed by atoms with Gasteiger partial charge in [-0.15, -0.1) is 0 Å². The second-order valence-electron chi connectivity index (χ2n) is 5.69. The van der Waals surface area contributed by atoms with Gasteiger partial charge in [-0.05, 0) is 18.6 Å². The van der Waals surface area contributed by atoms with Gasteiger partial charge in [0.25, 0.3) is 0 Å². The summed E-state index contributed by atoms with van der Waals surface area (Å²) in [4.78, 5) is 11.7. The van der Waals surface area contributed by atoms with Crippen LogP contribution in [0, 0.1) is 0 Å². The van der Waals surface area contributed by atoms with Gasteiger partial charge in [0.15, 0.2) is 11.5 Å². The van der Waals surface area contributed by atoms with E-state index in [1.807, 2.05) is 0 Å². The predicted molar refractivity (Wildman–Crippen MR) is 84.1 cm³/mol. The predicted octanol–water partition coefficient (Wildman–Crippen LogP) is 6.16. The van der Waals surface area contributed by atoms with Gasteiger partial charge < -0.3 is 4.42 Å². The van der Waals surface area contributed by atoms with E-state index in [9.17, 15) is 4.79 Å². The molecule has 0 saturated heterocycles. The molecule has 1 aromatic rings. The average Bonchev–Trinajstić information content (AvgIpc) is 2.99. The van der Waals surface area contributed by atoms with Crippen molar-refractivity contribution in [2.75, 3.05) is 0 Å². The second-order valence-corrected chi connectivity index (χ2v) is 5.69. The lowest BCUT2D eigenvalue weighted by molar-refractivity contribution is 0.0952. The van der Waals surface area contributed by atoms with Gasteiger partial charge in [-0.25, -0.2) is 0 Å². The van der Waals surface area contributed by atoms with Gasteiger partial charge in [0, 0.05) is 6.42 Å². The number of ketones is 1. The zero-order chi connectivity index (χ0) is 14.5. The molecule has 20 heavy (non-hydrogen) atoms. The van der Waals surface area contributed by atoms with Gasteiger partial charge in [0.05, 0.1) is 6.26 Å². The highest BCUT2D eigenvalue weighted by atomic mass is 16.3. The molecule has 0 amide bonds. The highest BCUT2D eigenvalue weighted by molar-refractivity contribution is 5.93. The third-order valence-electron chi connectivity index (χ3n) is 3.80. The monoisotopic (exact) mass is 278 g/mol. The molecule has 0 aliphatic rings. The lowest BCUT2D eigenvalue weighted by Crippen LogP contribution is -1.96. The molecule has 0 N–H and O–H groups in total. The van der Waals surface area contributed by atoms with E-state index in [2.05, 4.69) is 6.92 Å². The maximum Gasteiger partial charge on any atom is 0.197 e. The molecule has 0 fully saturated rings. The smallest absolute Gasteiger partial charge is 0.197 e. The Labute approximate surface area is 123 Å². The van der Waals surface area contributed by atoms with E-state index in [4.69, 9.17) is 4.42 Å². The Bertz CT molecular complexity index is 327. The van der Waals surface area contributed by atoms with E-state index in [1.54, 1.807) is 18.4 Å². The summed E-state index contributed by atoms with van der Waals surface area (Å²) in [5, 5.41) is 0. The molecule has 2 heteroatoms. The summed E-state index contributed by atoms with van der Waals surface area (Å²) in [6.07, 6.45) is 16.6. The summed E-state index contributed by atoms with van der Waals surface area (Å²) in [7, 11) is 0. The first kappa shape index (κ1) is 17.0. The summed E-state index contributed by atoms with van der Waals surface area (Å²) in [5.74, 6) is 0.656. The van der Waals surface area contributed by atoms with E-state index in [-0.39, 0.29) is 5.78 Å². The van der Waals surface area contributed by atoms with Crippen molar-refractivity contribution < 1.29 is 9.21 Å². The number of carbonyl (C=O) groups is 1. The molecule has 1 rings (SSSR count). The fourth-order valence-electron chi connectivity index (χ4n) is 2.51. The molecule has 0 unspecified atom stereocenters. The topological polar surface area (TPSA) is 30.2 Å². The molecule has 0 aliphatic heterocycles. The Balaban J connectivity index is 1.82. The highest BCUT2D eigenvalue weighted by Crippen LogP contribution is 2.13. The van der Waals surface area contributed by atoms with E-state index < -0.39 is 0 Å². The number of hydrogen-bond donors (Lipinski definition) is 0. The molecule has 0 spiro atoms. The van der Waals surface area contributed by atoms with Gasteiger partial charge in [0.1, 0.15) is 0 Å². The molecule has 0 radical (unpaired) electrons. The molecule has 0 aromatic carbocycles. The minimum Gasteiger partial charge on any atom is -0.461 e. The van der Waals surface area contributed by atoms with Crippen molar-refractivity contribution in [2.45, 2.75) is 84.0 Å². The Morgan fingerprint density at radius 2 is 1.45 bits per heavy atom. The first-order chi connectivity index (χ1) is 9.84. The van der Waals surface area contributed by atoms with Crippen molar-refractivity contribution in [2.24, 2.45) is 0 Å². The minimum absolute atomic E-state index is 0.144. The number of furan rings is 1. The van der Waals surface area contributed by atoms with Crippen LogP contribution in [0.3, 0.4) is 0 Å². The van der Waals surface area contributed by atoms with Crippen LogP contribution in [0.1, 0.15) is 94.5 Å². The fraction of sp³-hybridized carbons (Fsp3) is 0.722. The van der Waals surface area contributed by atoms with Crippen LogP contribution in [0.25, 0.3) is 0 Å². The zero-order valence-corrected chi connectivity index (χ0v) is 13.0. The molecule has 114 valence electrons. The maximum absolute atomic E-state index is 11.7. The van der Waals surface area contributed by atoms with Crippen LogP contribution in [0.4, 0.5) is 0 Å². The largest absolute Gasteiger partial charge is 0.461 e. The van der Waals surface area contributed by atoms with Gasteiger partial charge >= 0.3 is 0 Å². The van der Waals surface area contributed by atoms with Crippen LogP contribution in [0.5, 0.6) is 0 Å². The van der Waals surface area contributed by atoms with Crippen molar-refractivity contribution in [3.05, 3.63) is 24.2 Å². The van der Waals surface area contributed by atoms with Crippen molar-refractivity contribution in [3.8, 4) is 0 Å². The number of hydrogen-bond acceptors (Lipinski definition) is 2. The van der Waals surface area contributed by atoms with Crippen molar-refractivity contribution in [3.63, 3.8) is 0 Å². The first-order valence-electron chi connectivity index (χ1n) is 8.41. The zero-order valence-electron chi connectivity index (χ0n) is 13.0. The lowest BCUT2D eigenvalue weighted by Gasteiger charge is -2.02. The number of carbonyl (C=O) groups excluding carboxylic acids is 1. The van der Waals surface area contributed by atoms with Crippen LogP contribution in [-0.2, 0) is 0 Å². The van der Waals surface area contributed by atoms with Crippen LogP contribution in [0.15, 0.2) is 22.8 Å². The minimum atomic E-state index is 0.144. The number of unbranched alkanes of at least 4 members (excludes halogenated alkanes) is 10. The Hall–Kier alpha value is -1.05. The van der Waals surface area contributed by atoms with Crippen molar-refractivity contribution >= 4 is 5.78 Å². The molecule has 0 saturated carbocycles. The maximum atomic E-state index is 11.7. The van der Waals surface area contributed by atoms with E-state index in [1.165, 1.54) is 64.2 Å². The standard InChI is InChI=1S/C18H30O2/c1-2-3-4-5-6-7-8-9-10-11-12-14-17(19)18-15-13-16-20-18/h13,15-16H,2-12,14H2,1H3. The summed E-state index contributed by atoms with van der Waals surface area (Å²) in [6.45, 7) is 2.26. The third kappa shape index (κ3) is 8.19. The fourth-order valence-corrected chi connectivity index (χ4v) is 2.51. The van der Waals surface area contributed by atoms with Gasteiger partial charge in [-0.1, -0.05) is 71.1 Å². The van der Waals surface area contributed by atoms with E-state index in [0.29, 0.717) is 12.2 Å². The van der Waals surface area contributed by atoms with Gasteiger partial charge in [-0.2, -0.15) is 0 Å². The van der Waals surface area contributed by atoms with Crippen molar-refractivity contribution in [1.82, 2.24) is 0 Å². The molecule has 1 aromatic heterocycles. The molecule has 0 bridgehead atoms.